The molecule has 0 aliphatic heterocycles. The van der Waals surface area contributed by atoms with Crippen LogP contribution in [0, 0.1) is 0 Å². The van der Waals surface area contributed by atoms with Crippen LogP contribution in [-0.4, -0.2) is 80.6 Å². The van der Waals surface area contributed by atoms with Crippen LogP contribution in [0.4, 0.5) is 0 Å². The van der Waals surface area contributed by atoms with Crippen molar-refractivity contribution in [2.24, 2.45) is 0 Å². The van der Waals surface area contributed by atoms with Gasteiger partial charge in [0, 0.05) is 19.3 Å². The van der Waals surface area contributed by atoms with E-state index in [1.807, 2.05) is 21.1 Å². The highest BCUT2D eigenvalue weighted by Gasteiger charge is 2.31. The maximum absolute atomic E-state index is 12.6. The number of esters is 2. The molecule has 1 N–H and O–H groups in total. The Morgan fingerprint density at radius 2 is 1.11 bits per heavy atom. The summed E-state index contributed by atoms with van der Waals surface area (Å²) in [5, 5.41) is 9.55. The fourth-order valence-corrected chi connectivity index (χ4v) is 5.26. The summed E-state index contributed by atoms with van der Waals surface area (Å²) in [6.07, 6.45) is 26.8. The lowest BCUT2D eigenvalue weighted by Crippen LogP contribution is -2.50. The van der Waals surface area contributed by atoms with E-state index in [2.05, 4.69) is 26.0 Å². The number of unbranched alkanes of at least 4 members (excludes halogenated alkanes) is 16. The number of ether oxygens (including phenoxy) is 3. The van der Waals surface area contributed by atoms with Crippen molar-refractivity contribution in [3.05, 3.63) is 12.2 Å². The van der Waals surface area contributed by atoms with E-state index in [9.17, 15) is 19.5 Å². The lowest BCUT2D eigenvalue weighted by molar-refractivity contribution is -0.887. The SMILES string of the molecule is CCCCC/C=C\CCCCCCCC(=O)OC(COCCC(C(=O)O)[N+](C)(C)C)COC(=O)CCCCCCCCCCC. The molecule has 8 nitrogen and oxygen atoms in total. The Balaban J connectivity index is 4.46. The molecule has 0 aromatic carbocycles. The number of quaternary nitrogens is 1. The molecule has 0 spiro atoms. The highest BCUT2D eigenvalue weighted by atomic mass is 16.6. The molecule has 0 aliphatic rings. The van der Waals surface area contributed by atoms with Crippen LogP contribution in [0.3, 0.4) is 0 Å². The number of carboxylic acids is 1. The van der Waals surface area contributed by atoms with E-state index in [4.69, 9.17) is 14.2 Å². The van der Waals surface area contributed by atoms with Crippen LogP contribution in [0.5, 0.6) is 0 Å². The van der Waals surface area contributed by atoms with E-state index >= 15 is 0 Å². The first-order valence-corrected chi connectivity index (χ1v) is 18.2. The number of likely N-dealkylation sites (N-methyl/N-ethyl adjacent to an activating group) is 1. The van der Waals surface area contributed by atoms with Crippen LogP contribution in [0.15, 0.2) is 12.2 Å². The quantitative estimate of drug-likeness (QED) is 0.0339. The molecule has 0 aliphatic carbocycles. The molecule has 0 aromatic heterocycles. The number of carbonyl (C=O) groups is 3. The minimum Gasteiger partial charge on any atom is -0.477 e. The van der Waals surface area contributed by atoms with Crippen LogP contribution < -0.4 is 0 Å². The number of nitrogens with zero attached hydrogens (tertiary/aromatic N) is 1. The van der Waals surface area contributed by atoms with E-state index in [1.54, 1.807) is 0 Å². The van der Waals surface area contributed by atoms with E-state index in [1.165, 1.54) is 70.6 Å². The minimum atomic E-state index is -0.877. The average Bonchev–Trinajstić information content (AvgIpc) is 2.98. The zero-order valence-electron chi connectivity index (χ0n) is 29.8. The van der Waals surface area contributed by atoms with E-state index in [0.717, 1.165) is 51.4 Å². The van der Waals surface area contributed by atoms with Gasteiger partial charge in [-0.05, 0) is 38.5 Å². The Bertz CT molecular complexity index is 762. The molecule has 2 unspecified atom stereocenters. The molecule has 0 radical (unpaired) electrons. The first-order valence-electron chi connectivity index (χ1n) is 18.2. The van der Waals surface area contributed by atoms with Gasteiger partial charge in [-0.3, -0.25) is 9.59 Å². The van der Waals surface area contributed by atoms with Crippen molar-refractivity contribution in [2.45, 2.75) is 167 Å². The smallest absolute Gasteiger partial charge is 0.362 e. The first-order chi connectivity index (χ1) is 21.6. The number of hydrogen-bond donors (Lipinski definition) is 1. The van der Waals surface area contributed by atoms with Crippen LogP contribution in [0.25, 0.3) is 0 Å². The zero-order valence-corrected chi connectivity index (χ0v) is 29.8. The van der Waals surface area contributed by atoms with Crippen molar-refractivity contribution < 1.29 is 38.2 Å². The van der Waals surface area contributed by atoms with Crippen molar-refractivity contribution in [1.82, 2.24) is 0 Å². The van der Waals surface area contributed by atoms with Crippen LogP contribution >= 0.6 is 0 Å². The van der Waals surface area contributed by atoms with Gasteiger partial charge >= 0.3 is 17.9 Å². The Kier molecular flexibility index (Phi) is 28.2. The van der Waals surface area contributed by atoms with Gasteiger partial charge in [-0.2, -0.15) is 0 Å². The average molecular weight is 641 g/mol. The number of allylic oxidation sites excluding steroid dienone is 2. The molecule has 0 saturated heterocycles. The van der Waals surface area contributed by atoms with Crippen LogP contribution in [0.1, 0.15) is 155 Å². The second-order valence-electron chi connectivity index (χ2n) is 13.5. The third-order valence-corrected chi connectivity index (χ3v) is 8.16. The summed E-state index contributed by atoms with van der Waals surface area (Å²) in [7, 11) is 5.51. The molecular formula is C37H70NO7+. The van der Waals surface area contributed by atoms with Gasteiger partial charge < -0.3 is 23.8 Å². The van der Waals surface area contributed by atoms with Crippen molar-refractivity contribution in [3.63, 3.8) is 0 Å². The first kappa shape index (κ1) is 43.1. The molecular weight excluding hydrogens is 570 g/mol. The van der Waals surface area contributed by atoms with Gasteiger partial charge in [0.25, 0.3) is 0 Å². The monoisotopic (exact) mass is 641 g/mol. The summed E-state index contributed by atoms with van der Waals surface area (Å²) < 4.78 is 17.1. The predicted molar refractivity (Wildman–Crippen MR) is 183 cm³/mol. The predicted octanol–water partition coefficient (Wildman–Crippen LogP) is 8.80. The third-order valence-electron chi connectivity index (χ3n) is 8.16. The molecule has 0 saturated carbocycles. The summed E-state index contributed by atoms with van der Waals surface area (Å²) in [4.78, 5) is 36.6. The van der Waals surface area contributed by atoms with E-state index < -0.39 is 18.1 Å². The topological polar surface area (TPSA) is 99.1 Å². The normalized spacial score (nSPS) is 13.2. The Hall–Kier alpha value is -1.93. The second-order valence-corrected chi connectivity index (χ2v) is 13.5. The zero-order chi connectivity index (χ0) is 33.6. The molecule has 0 heterocycles. The maximum atomic E-state index is 12.6. The van der Waals surface area contributed by atoms with Crippen molar-refractivity contribution in [2.75, 3.05) is 41.0 Å². The fraction of sp³-hybridized carbons (Fsp3) is 0.865. The molecule has 2 atom stereocenters. The molecule has 45 heavy (non-hydrogen) atoms. The van der Waals surface area contributed by atoms with Gasteiger partial charge in [0.15, 0.2) is 12.1 Å². The van der Waals surface area contributed by atoms with E-state index in [0.29, 0.717) is 19.3 Å². The van der Waals surface area contributed by atoms with Crippen molar-refractivity contribution >= 4 is 17.9 Å². The standard InChI is InChI=1S/C37H69NO7/c1-6-8-10-12-14-16-17-18-20-22-24-26-28-36(40)45-33(31-43-30-29-34(37(41)42)38(3,4)5)32-44-35(39)27-25-23-21-19-15-13-11-9-7-2/h14,16,33-34H,6-13,15,17-32H2,1-5H3/p+1/b16-14-. The van der Waals surface area contributed by atoms with Gasteiger partial charge in [0.1, 0.15) is 6.61 Å². The molecule has 0 aromatic rings. The lowest BCUT2D eigenvalue weighted by atomic mass is 10.1. The van der Waals surface area contributed by atoms with Gasteiger partial charge in [-0.1, -0.05) is 109 Å². The summed E-state index contributed by atoms with van der Waals surface area (Å²) in [6.45, 7) is 4.67. The van der Waals surface area contributed by atoms with Gasteiger partial charge in [-0.25, -0.2) is 4.79 Å². The van der Waals surface area contributed by atoms with Crippen LogP contribution in [0.2, 0.25) is 0 Å². The van der Waals surface area contributed by atoms with Gasteiger partial charge in [0.05, 0.1) is 34.4 Å². The van der Waals surface area contributed by atoms with E-state index in [-0.39, 0.29) is 36.2 Å². The molecule has 0 rings (SSSR count). The van der Waals surface area contributed by atoms with Crippen molar-refractivity contribution in [3.8, 4) is 0 Å². The number of hydrogen-bond acceptors (Lipinski definition) is 6. The second kappa shape index (κ2) is 29.5. The Labute approximate surface area is 276 Å². The number of rotatable bonds is 32. The lowest BCUT2D eigenvalue weighted by Gasteiger charge is -2.31. The molecule has 264 valence electrons. The van der Waals surface area contributed by atoms with Crippen LogP contribution in [-0.2, 0) is 28.6 Å². The number of aliphatic carboxylic acids is 1. The largest absolute Gasteiger partial charge is 0.477 e. The highest BCUT2D eigenvalue weighted by Crippen LogP contribution is 2.13. The minimum absolute atomic E-state index is 0.0499. The van der Waals surface area contributed by atoms with Crippen molar-refractivity contribution in [1.29, 1.82) is 0 Å². The Morgan fingerprint density at radius 3 is 1.64 bits per heavy atom. The Morgan fingerprint density at radius 1 is 0.644 bits per heavy atom. The molecule has 0 amide bonds. The maximum Gasteiger partial charge on any atom is 0.362 e. The molecule has 0 bridgehead atoms. The summed E-state index contributed by atoms with van der Waals surface area (Å²) in [6, 6.07) is -0.609. The summed E-state index contributed by atoms with van der Waals surface area (Å²) in [5.74, 6) is -1.48. The van der Waals surface area contributed by atoms with Gasteiger partial charge in [0.2, 0.25) is 0 Å². The third kappa shape index (κ3) is 28.1. The summed E-state index contributed by atoms with van der Waals surface area (Å²) in [5.41, 5.74) is 0. The summed E-state index contributed by atoms with van der Waals surface area (Å²) >= 11 is 0. The molecule has 0 fully saturated rings. The number of carbonyl (C=O) groups excluding carboxylic acids is 2. The fourth-order valence-electron chi connectivity index (χ4n) is 5.26. The molecule has 8 heteroatoms. The number of carboxylic acid groups (broad SMARTS) is 1. The highest BCUT2D eigenvalue weighted by molar-refractivity contribution is 5.72. The van der Waals surface area contributed by atoms with Gasteiger partial charge in [-0.15, -0.1) is 0 Å².